The first kappa shape index (κ1) is 8.71. The van der Waals surface area contributed by atoms with Gasteiger partial charge in [0, 0.05) is 31.1 Å². The largest absolute Gasteiger partial charge is 0.351 e. The van der Waals surface area contributed by atoms with Crippen molar-refractivity contribution in [1.82, 2.24) is 10.2 Å². The molecule has 0 radical (unpaired) electrons. The highest BCUT2D eigenvalue weighted by atomic mass is 16.6. The van der Waals surface area contributed by atoms with Crippen LogP contribution in [0.1, 0.15) is 12.8 Å². The monoisotopic (exact) mass is 196 g/mol. The number of hydrogen-bond acceptors (Lipinski definition) is 4. The van der Waals surface area contributed by atoms with Crippen LogP contribution < -0.4 is 5.32 Å². The summed E-state index contributed by atoms with van der Waals surface area (Å²) in [5.74, 6) is 0.584. The molecular formula is C10H16N2O2. The Morgan fingerprint density at radius 3 is 3.21 bits per heavy atom. The van der Waals surface area contributed by atoms with Gasteiger partial charge in [0.15, 0.2) is 0 Å². The summed E-state index contributed by atoms with van der Waals surface area (Å²) in [4.78, 5) is 1.99. The highest BCUT2D eigenvalue weighted by Crippen LogP contribution is 2.33. The molecule has 3 atom stereocenters. The topological polar surface area (TPSA) is 44.7 Å². The molecule has 2 N–H and O–H groups in total. The van der Waals surface area contributed by atoms with Crippen molar-refractivity contribution in [1.29, 1.82) is 0 Å². The lowest BCUT2D eigenvalue weighted by Crippen LogP contribution is -2.55. The minimum absolute atomic E-state index is 0.203. The molecule has 2 saturated heterocycles. The third-order valence-electron chi connectivity index (χ3n) is 3.31. The number of ether oxygens (including phenoxy) is 1. The Labute approximate surface area is 83.5 Å². The van der Waals surface area contributed by atoms with Gasteiger partial charge in [-0.25, -0.2) is 0 Å². The van der Waals surface area contributed by atoms with Crippen molar-refractivity contribution in [3.63, 3.8) is 0 Å². The van der Waals surface area contributed by atoms with Crippen molar-refractivity contribution in [2.75, 3.05) is 19.6 Å². The van der Waals surface area contributed by atoms with E-state index in [1.165, 1.54) is 5.70 Å². The fourth-order valence-corrected chi connectivity index (χ4v) is 2.36. The van der Waals surface area contributed by atoms with Crippen molar-refractivity contribution in [2.24, 2.45) is 5.92 Å². The number of rotatable bonds is 1. The number of piperidine rings is 1. The summed E-state index contributed by atoms with van der Waals surface area (Å²) in [5, 5.41) is 13.0. The zero-order chi connectivity index (χ0) is 9.54. The van der Waals surface area contributed by atoms with Gasteiger partial charge in [0.05, 0.1) is 6.10 Å². The number of aliphatic hydroxyl groups excluding tert-OH is 1. The Bertz CT molecular complexity index is 267. The van der Waals surface area contributed by atoms with Crippen LogP contribution in [0.2, 0.25) is 0 Å². The zero-order valence-corrected chi connectivity index (χ0v) is 8.15. The second-order valence-electron chi connectivity index (χ2n) is 4.31. The molecule has 0 aromatic rings. The Morgan fingerprint density at radius 1 is 1.57 bits per heavy atom. The Morgan fingerprint density at radius 2 is 2.43 bits per heavy atom. The molecule has 0 saturated carbocycles. The maximum Gasteiger partial charge on any atom is 0.238 e. The molecule has 4 heteroatoms. The van der Waals surface area contributed by atoms with Crippen LogP contribution in [0.25, 0.3) is 0 Å². The van der Waals surface area contributed by atoms with Crippen LogP contribution in [0.15, 0.2) is 11.8 Å². The van der Waals surface area contributed by atoms with E-state index in [4.69, 9.17) is 4.74 Å². The predicted molar refractivity (Wildman–Crippen MR) is 51.3 cm³/mol. The molecule has 1 aliphatic carbocycles. The molecule has 3 aliphatic rings. The first-order valence-corrected chi connectivity index (χ1v) is 5.34. The Balaban J connectivity index is 1.71. The number of hydrogen-bond donors (Lipinski definition) is 2. The smallest absolute Gasteiger partial charge is 0.238 e. The molecule has 3 rings (SSSR count). The first-order valence-electron chi connectivity index (χ1n) is 5.34. The lowest BCUT2D eigenvalue weighted by molar-refractivity contribution is -0.252. The molecule has 0 bridgehead atoms. The van der Waals surface area contributed by atoms with E-state index >= 15 is 0 Å². The molecule has 2 fully saturated rings. The maximum absolute atomic E-state index is 9.75. The van der Waals surface area contributed by atoms with Crippen LogP contribution >= 0.6 is 0 Å². The molecule has 3 unspecified atom stereocenters. The van der Waals surface area contributed by atoms with Crippen LogP contribution in [0.5, 0.6) is 0 Å². The SMILES string of the molecule is OC1OC2CNCCC2CN1C1=CC1. The van der Waals surface area contributed by atoms with E-state index in [-0.39, 0.29) is 6.10 Å². The molecule has 0 spiro atoms. The van der Waals surface area contributed by atoms with Gasteiger partial charge in [-0.1, -0.05) is 6.08 Å². The molecule has 2 aliphatic heterocycles. The van der Waals surface area contributed by atoms with Gasteiger partial charge in [-0.3, -0.25) is 0 Å². The summed E-state index contributed by atoms with van der Waals surface area (Å²) in [6.07, 6.45) is 3.80. The van der Waals surface area contributed by atoms with E-state index in [0.717, 1.165) is 32.5 Å². The van der Waals surface area contributed by atoms with E-state index in [9.17, 15) is 5.11 Å². The van der Waals surface area contributed by atoms with E-state index in [1.54, 1.807) is 0 Å². The second kappa shape index (κ2) is 3.22. The highest BCUT2D eigenvalue weighted by Gasteiger charge is 2.38. The Hall–Kier alpha value is -0.580. The van der Waals surface area contributed by atoms with Crippen molar-refractivity contribution in [2.45, 2.75) is 25.4 Å². The number of fused-ring (bicyclic) bond motifs is 1. The van der Waals surface area contributed by atoms with Crippen molar-refractivity contribution >= 4 is 0 Å². The van der Waals surface area contributed by atoms with Crippen LogP contribution in [-0.2, 0) is 4.74 Å². The molecule has 4 nitrogen and oxygen atoms in total. The van der Waals surface area contributed by atoms with Gasteiger partial charge >= 0.3 is 0 Å². The number of aliphatic hydroxyl groups is 1. The zero-order valence-electron chi connectivity index (χ0n) is 8.15. The van der Waals surface area contributed by atoms with E-state index in [0.29, 0.717) is 5.92 Å². The van der Waals surface area contributed by atoms with Gasteiger partial charge in [-0.05, 0) is 13.0 Å². The number of allylic oxidation sites excluding steroid dienone is 2. The molecule has 0 amide bonds. The summed E-state index contributed by atoms with van der Waals surface area (Å²) in [6, 6.07) is 0. The average Bonchev–Trinajstić information content (AvgIpc) is 3.00. The first-order chi connectivity index (χ1) is 6.84. The minimum atomic E-state index is -0.718. The molecule has 2 heterocycles. The predicted octanol–water partition coefficient (Wildman–Crippen LogP) is -0.140. The Kier molecular flexibility index (Phi) is 2.00. The fourth-order valence-electron chi connectivity index (χ4n) is 2.36. The van der Waals surface area contributed by atoms with E-state index < -0.39 is 6.41 Å². The van der Waals surface area contributed by atoms with Crippen molar-refractivity contribution in [3.8, 4) is 0 Å². The van der Waals surface area contributed by atoms with Gasteiger partial charge in [0.2, 0.25) is 6.41 Å². The van der Waals surface area contributed by atoms with Gasteiger partial charge in [0.1, 0.15) is 0 Å². The second-order valence-corrected chi connectivity index (χ2v) is 4.31. The van der Waals surface area contributed by atoms with E-state index in [1.807, 2.05) is 4.90 Å². The number of nitrogens with zero attached hydrogens (tertiary/aromatic N) is 1. The quantitative estimate of drug-likeness (QED) is 0.613. The molecule has 78 valence electrons. The van der Waals surface area contributed by atoms with Gasteiger partial charge in [-0.2, -0.15) is 0 Å². The third-order valence-corrected chi connectivity index (χ3v) is 3.31. The van der Waals surface area contributed by atoms with Crippen molar-refractivity contribution < 1.29 is 9.84 Å². The van der Waals surface area contributed by atoms with Crippen LogP contribution in [0.4, 0.5) is 0 Å². The molecular weight excluding hydrogens is 180 g/mol. The summed E-state index contributed by atoms with van der Waals surface area (Å²) in [5.41, 5.74) is 1.24. The summed E-state index contributed by atoms with van der Waals surface area (Å²) in [7, 11) is 0. The summed E-state index contributed by atoms with van der Waals surface area (Å²) in [6.45, 7) is 2.92. The maximum atomic E-state index is 9.75. The standard InChI is InChI=1S/C10H16N2O2/c13-10-12(8-1-2-8)6-7-3-4-11-5-9(7)14-10/h1,7,9-11,13H,2-6H2. The van der Waals surface area contributed by atoms with Crippen LogP contribution in [0, 0.1) is 5.92 Å². The third kappa shape index (κ3) is 1.43. The molecule has 0 aromatic carbocycles. The van der Waals surface area contributed by atoms with Gasteiger partial charge < -0.3 is 20.1 Å². The molecule has 0 aromatic heterocycles. The molecule has 14 heavy (non-hydrogen) atoms. The van der Waals surface area contributed by atoms with Crippen molar-refractivity contribution in [3.05, 3.63) is 11.8 Å². The van der Waals surface area contributed by atoms with Crippen LogP contribution in [-0.4, -0.2) is 42.2 Å². The van der Waals surface area contributed by atoms with Gasteiger partial charge in [-0.15, -0.1) is 0 Å². The summed E-state index contributed by atoms with van der Waals surface area (Å²) < 4.78 is 5.58. The normalized spacial score (nSPS) is 41.6. The lowest BCUT2D eigenvalue weighted by atomic mass is 9.93. The van der Waals surface area contributed by atoms with Crippen LogP contribution in [0.3, 0.4) is 0 Å². The number of nitrogens with one attached hydrogen (secondary N) is 1. The fraction of sp³-hybridized carbons (Fsp3) is 0.800. The average molecular weight is 196 g/mol. The van der Waals surface area contributed by atoms with Gasteiger partial charge in [0.25, 0.3) is 0 Å². The highest BCUT2D eigenvalue weighted by molar-refractivity contribution is 5.21. The van der Waals surface area contributed by atoms with E-state index in [2.05, 4.69) is 11.4 Å². The minimum Gasteiger partial charge on any atom is -0.351 e. The lowest BCUT2D eigenvalue weighted by Gasteiger charge is -2.44. The summed E-state index contributed by atoms with van der Waals surface area (Å²) >= 11 is 0.